The maximum Gasteiger partial charge on any atom is 0.263 e. The Labute approximate surface area is 140 Å². The van der Waals surface area contributed by atoms with Crippen LogP contribution in [0, 0.1) is 0 Å². The van der Waals surface area contributed by atoms with E-state index in [4.69, 9.17) is 0 Å². The van der Waals surface area contributed by atoms with E-state index in [2.05, 4.69) is 22.3 Å². The molecule has 0 radical (unpaired) electrons. The Kier molecular flexibility index (Phi) is 3.10. The maximum absolute atomic E-state index is 14.6. The monoisotopic (exact) mass is 326 g/mol. The van der Waals surface area contributed by atoms with Crippen molar-refractivity contribution in [3.63, 3.8) is 0 Å². The van der Waals surface area contributed by atoms with Crippen molar-refractivity contribution >= 4 is 0 Å². The lowest BCUT2D eigenvalue weighted by Crippen LogP contribution is -2.45. The van der Waals surface area contributed by atoms with E-state index in [1.807, 2.05) is 36.4 Å². The Morgan fingerprint density at radius 1 is 0.792 bits per heavy atom. The fourth-order valence-corrected chi connectivity index (χ4v) is 4.69. The van der Waals surface area contributed by atoms with Gasteiger partial charge >= 0.3 is 0 Å². The van der Waals surface area contributed by atoms with E-state index in [1.165, 1.54) is 0 Å². The SMILES string of the molecule is FC1(F)[C@@H]2c3ccccc3[C@@H](N3CCNCC3)c3ccccc3[C@@H]21. The lowest BCUT2D eigenvalue weighted by Gasteiger charge is -2.37. The molecule has 4 heteroatoms. The topological polar surface area (TPSA) is 15.3 Å². The lowest BCUT2D eigenvalue weighted by atomic mass is 9.90. The zero-order valence-electron chi connectivity index (χ0n) is 13.4. The number of benzene rings is 2. The second kappa shape index (κ2) is 5.11. The molecular weight excluding hydrogens is 306 g/mol. The first-order chi connectivity index (χ1) is 11.7. The van der Waals surface area contributed by atoms with Gasteiger partial charge in [-0.3, -0.25) is 4.90 Å². The molecule has 2 aliphatic carbocycles. The molecule has 0 bridgehead atoms. The summed E-state index contributed by atoms with van der Waals surface area (Å²) in [5.74, 6) is -3.95. The van der Waals surface area contributed by atoms with E-state index in [1.54, 1.807) is 0 Å². The van der Waals surface area contributed by atoms with E-state index in [9.17, 15) is 8.78 Å². The first kappa shape index (κ1) is 14.6. The summed E-state index contributed by atoms with van der Waals surface area (Å²) in [5.41, 5.74) is 3.81. The van der Waals surface area contributed by atoms with Crippen molar-refractivity contribution in [2.75, 3.05) is 26.2 Å². The average molecular weight is 326 g/mol. The van der Waals surface area contributed by atoms with Crippen LogP contribution in [0.1, 0.15) is 40.1 Å². The second-order valence-corrected chi connectivity index (χ2v) is 7.08. The summed E-state index contributed by atoms with van der Waals surface area (Å²) in [6.45, 7) is 3.78. The number of halogens is 2. The highest BCUT2D eigenvalue weighted by Crippen LogP contribution is 2.70. The summed E-state index contributed by atoms with van der Waals surface area (Å²) >= 11 is 0. The number of hydrogen-bond donors (Lipinski definition) is 1. The normalized spacial score (nSPS) is 30.7. The Morgan fingerprint density at radius 3 is 1.75 bits per heavy atom. The van der Waals surface area contributed by atoms with Gasteiger partial charge in [-0.15, -0.1) is 0 Å². The molecule has 0 aromatic heterocycles. The Morgan fingerprint density at radius 2 is 1.25 bits per heavy atom. The molecular formula is C20H20F2N2. The van der Waals surface area contributed by atoms with Gasteiger partial charge in [-0.25, -0.2) is 8.78 Å². The minimum atomic E-state index is -2.62. The molecule has 1 aliphatic heterocycles. The minimum Gasteiger partial charge on any atom is -0.314 e. The number of rotatable bonds is 1. The number of piperazine rings is 1. The summed E-state index contributed by atoms with van der Waals surface area (Å²) in [5, 5.41) is 3.39. The average Bonchev–Trinajstić information content (AvgIpc) is 3.22. The fraction of sp³-hybridized carbons (Fsp3) is 0.400. The number of nitrogens with zero attached hydrogens (tertiary/aromatic N) is 1. The van der Waals surface area contributed by atoms with Gasteiger partial charge in [-0.2, -0.15) is 0 Å². The predicted octanol–water partition coefficient (Wildman–Crippen LogP) is 3.51. The van der Waals surface area contributed by atoms with Crippen molar-refractivity contribution in [1.82, 2.24) is 10.2 Å². The second-order valence-electron chi connectivity index (χ2n) is 7.08. The molecule has 3 atom stereocenters. The molecule has 1 saturated carbocycles. The third-order valence-electron chi connectivity index (χ3n) is 5.82. The van der Waals surface area contributed by atoms with E-state index in [0.29, 0.717) is 0 Å². The number of alkyl halides is 2. The minimum absolute atomic E-state index is 0.0862. The van der Waals surface area contributed by atoms with Crippen LogP contribution >= 0.6 is 0 Å². The molecule has 0 spiro atoms. The van der Waals surface area contributed by atoms with Gasteiger partial charge < -0.3 is 5.32 Å². The molecule has 2 nitrogen and oxygen atoms in total. The van der Waals surface area contributed by atoms with Crippen LogP contribution in [0.5, 0.6) is 0 Å². The van der Waals surface area contributed by atoms with Gasteiger partial charge in [-0.05, 0) is 22.3 Å². The Hall–Kier alpha value is -1.78. The Balaban J connectivity index is 1.73. The van der Waals surface area contributed by atoms with Gasteiger partial charge in [0.2, 0.25) is 0 Å². The molecule has 124 valence electrons. The first-order valence-electron chi connectivity index (χ1n) is 8.70. The van der Waals surface area contributed by atoms with E-state index < -0.39 is 17.8 Å². The Bertz CT molecular complexity index is 727. The van der Waals surface area contributed by atoms with Gasteiger partial charge in [-0.1, -0.05) is 48.5 Å². The maximum atomic E-state index is 14.6. The number of nitrogens with one attached hydrogen (secondary N) is 1. The van der Waals surface area contributed by atoms with Crippen LogP contribution < -0.4 is 5.32 Å². The van der Waals surface area contributed by atoms with Gasteiger partial charge in [0.25, 0.3) is 5.92 Å². The molecule has 3 aliphatic rings. The molecule has 5 rings (SSSR count). The highest BCUT2D eigenvalue weighted by Gasteiger charge is 2.71. The molecule has 0 amide bonds. The highest BCUT2D eigenvalue weighted by atomic mass is 19.3. The van der Waals surface area contributed by atoms with Gasteiger partial charge in [0.05, 0.1) is 17.9 Å². The predicted molar refractivity (Wildman–Crippen MR) is 89.6 cm³/mol. The standard InChI is InChI=1S/C20H20F2N2/c21-20(22)17-13-5-1-3-7-15(13)19(24-11-9-23-10-12-24)16-8-4-2-6-14(16)18(17)20/h1-8,17-19,23H,9-12H2/t17-,18+,19-. The molecule has 2 aromatic rings. The number of fused-ring (bicyclic) bond motifs is 5. The summed E-state index contributed by atoms with van der Waals surface area (Å²) in [6, 6.07) is 15.8. The van der Waals surface area contributed by atoms with Crippen molar-refractivity contribution in [2.24, 2.45) is 0 Å². The number of hydrogen-bond acceptors (Lipinski definition) is 2. The molecule has 2 fully saturated rings. The zero-order valence-corrected chi connectivity index (χ0v) is 13.4. The molecule has 1 N–H and O–H groups in total. The van der Waals surface area contributed by atoms with Crippen LogP contribution in [0.25, 0.3) is 0 Å². The first-order valence-corrected chi connectivity index (χ1v) is 8.70. The molecule has 24 heavy (non-hydrogen) atoms. The van der Waals surface area contributed by atoms with Crippen LogP contribution in [0.2, 0.25) is 0 Å². The molecule has 1 saturated heterocycles. The largest absolute Gasteiger partial charge is 0.314 e. The van der Waals surface area contributed by atoms with Crippen LogP contribution in [-0.4, -0.2) is 37.0 Å². The van der Waals surface area contributed by atoms with Crippen molar-refractivity contribution in [3.05, 3.63) is 70.8 Å². The van der Waals surface area contributed by atoms with Crippen molar-refractivity contribution in [1.29, 1.82) is 0 Å². The van der Waals surface area contributed by atoms with Crippen LogP contribution in [-0.2, 0) is 0 Å². The van der Waals surface area contributed by atoms with E-state index >= 15 is 0 Å². The van der Waals surface area contributed by atoms with Gasteiger partial charge in [0.15, 0.2) is 0 Å². The summed E-state index contributed by atoms with van der Waals surface area (Å²) < 4.78 is 29.2. The van der Waals surface area contributed by atoms with Gasteiger partial charge in [0.1, 0.15) is 0 Å². The third kappa shape index (κ3) is 1.93. The zero-order chi connectivity index (χ0) is 16.3. The van der Waals surface area contributed by atoms with Crippen LogP contribution in [0.3, 0.4) is 0 Å². The molecule has 1 heterocycles. The van der Waals surface area contributed by atoms with E-state index in [-0.39, 0.29) is 6.04 Å². The van der Waals surface area contributed by atoms with Crippen LogP contribution in [0.4, 0.5) is 8.78 Å². The van der Waals surface area contributed by atoms with Crippen molar-refractivity contribution in [2.45, 2.75) is 23.8 Å². The third-order valence-corrected chi connectivity index (χ3v) is 5.82. The molecule has 0 unspecified atom stereocenters. The van der Waals surface area contributed by atoms with Gasteiger partial charge in [0, 0.05) is 26.2 Å². The summed E-state index contributed by atoms with van der Waals surface area (Å²) in [7, 11) is 0. The molecule has 2 aromatic carbocycles. The quantitative estimate of drug-likeness (QED) is 0.863. The summed E-state index contributed by atoms with van der Waals surface area (Å²) in [6.07, 6.45) is 0. The van der Waals surface area contributed by atoms with Crippen molar-refractivity contribution < 1.29 is 8.78 Å². The summed E-state index contributed by atoms with van der Waals surface area (Å²) in [4.78, 5) is 2.44. The highest BCUT2D eigenvalue weighted by molar-refractivity contribution is 5.56. The fourth-order valence-electron chi connectivity index (χ4n) is 4.69. The lowest BCUT2D eigenvalue weighted by molar-refractivity contribution is 0.103. The van der Waals surface area contributed by atoms with Crippen LogP contribution in [0.15, 0.2) is 48.5 Å². The smallest absolute Gasteiger partial charge is 0.263 e. The van der Waals surface area contributed by atoms with E-state index in [0.717, 1.165) is 48.4 Å². The van der Waals surface area contributed by atoms with Crippen molar-refractivity contribution in [3.8, 4) is 0 Å².